The van der Waals surface area contributed by atoms with Gasteiger partial charge in [0, 0.05) is 18.2 Å². The number of ether oxygens (including phenoxy) is 1. The van der Waals surface area contributed by atoms with Crippen LogP contribution in [0.4, 0.5) is 13.2 Å². The van der Waals surface area contributed by atoms with Gasteiger partial charge in [-0.1, -0.05) is 30.3 Å². The maximum atomic E-state index is 13.2. The summed E-state index contributed by atoms with van der Waals surface area (Å²) >= 11 is 0. The van der Waals surface area contributed by atoms with Crippen LogP contribution in [0.2, 0.25) is 0 Å². The number of alkyl halides is 3. The van der Waals surface area contributed by atoms with E-state index in [2.05, 4.69) is 25.4 Å². The molecule has 8 nitrogen and oxygen atoms in total. The summed E-state index contributed by atoms with van der Waals surface area (Å²) in [5.74, 6) is -0.885. The smallest absolute Gasteiger partial charge is 0.453 e. The highest BCUT2D eigenvalue weighted by Gasteiger charge is 2.39. The van der Waals surface area contributed by atoms with Crippen molar-refractivity contribution in [3.63, 3.8) is 0 Å². The van der Waals surface area contributed by atoms with E-state index in [1.54, 1.807) is 6.07 Å². The number of halogens is 3. The summed E-state index contributed by atoms with van der Waals surface area (Å²) < 4.78 is 45.7. The van der Waals surface area contributed by atoms with Crippen LogP contribution in [0, 0.1) is 0 Å². The summed E-state index contributed by atoms with van der Waals surface area (Å²) in [6.07, 6.45) is -1.62. The molecule has 1 saturated heterocycles. The lowest BCUT2D eigenvalue weighted by atomic mass is 9.90. The SMILES string of the molecule is COc1ncc(-n2nnnc2C(F)(F)F)cc1CN1CCC[C@H](N)[C@@H]1c1ccccc1. The van der Waals surface area contributed by atoms with Crippen LogP contribution in [0.5, 0.6) is 5.88 Å². The van der Waals surface area contributed by atoms with Gasteiger partial charge in [-0.2, -0.15) is 17.9 Å². The molecule has 1 aromatic carbocycles. The van der Waals surface area contributed by atoms with Gasteiger partial charge in [-0.3, -0.25) is 4.90 Å². The summed E-state index contributed by atoms with van der Waals surface area (Å²) in [5, 5.41) is 9.77. The quantitative estimate of drug-likeness (QED) is 0.661. The molecule has 2 aromatic heterocycles. The minimum atomic E-state index is -4.69. The monoisotopic (exact) mass is 433 g/mol. The molecule has 1 aliphatic rings. The van der Waals surface area contributed by atoms with E-state index in [9.17, 15) is 13.2 Å². The van der Waals surface area contributed by atoms with Crippen molar-refractivity contribution < 1.29 is 17.9 Å². The van der Waals surface area contributed by atoms with E-state index >= 15 is 0 Å². The lowest BCUT2D eigenvalue weighted by Crippen LogP contribution is -2.45. The average Bonchev–Trinajstić information content (AvgIpc) is 3.25. The fraction of sp³-hybridized carbons (Fsp3) is 0.400. The Labute approximate surface area is 176 Å². The Kier molecular flexibility index (Phi) is 5.88. The van der Waals surface area contributed by atoms with Crippen LogP contribution >= 0.6 is 0 Å². The predicted octanol–water partition coefficient (Wildman–Crippen LogP) is 2.75. The fourth-order valence-corrected chi connectivity index (χ4v) is 4.04. The second-order valence-electron chi connectivity index (χ2n) is 7.41. The Hall–Kier alpha value is -3.05. The third-order valence-corrected chi connectivity index (χ3v) is 5.37. The number of rotatable bonds is 5. The summed E-state index contributed by atoms with van der Waals surface area (Å²) in [4.78, 5) is 6.40. The van der Waals surface area contributed by atoms with Crippen LogP contribution in [0.25, 0.3) is 5.69 Å². The molecule has 2 atom stereocenters. The van der Waals surface area contributed by atoms with E-state index in [-0.39, 0.29) is 17.8 Å². The molecule has 31 heavy (non-hydrogen) atoms. The molecule has 164 valence electrons. The highest BCUT2D eigenvalue weighted by atomic mass is 19.4. The number of benzene rings is 1. The lowest BCUT2D eigenvalue weighted by molar-refractivity contribution is -0.146. The van der Waals surface area contributed by atoms with Crippen molar-refractivity contribution in [3.8, 4) is 11.6 Å². The van der Waals surface area contributed by atoms with Crippen molar-refractivity contribution in [2.75, 3.05) is 13.7 Å². The average molecular weight is 433 g/mol. The highest BCUT2D eigenvalue weighted by Crippen LogP contribution is 2.34. The first kappa shape index (κ1) is 21.2. The number of hydrogen-bond acceptors (Lipinski definition) is 7. The highest BCUT2D eigenvalue weighted by molar-refractivity contribution is 5.39. The molecular formula is C20H22F3N7O. The van der Waals surface area contributed by atoms with Crippen LogP contribution < -0.4 is 10.5 Å². The minimum Gasteiger partial charge on any atom is -0.481 e. The summed E-state index contributed by atoms with van der Waals surface area (Å²) in [5.41, 5.74) is 8.28. The Morgan fingerprint density at radius 3 is 2.71 bits per heavy atom. The van der Waals surface area contributed by atoms with Gasteiger partial charge in [0.15, 0.2) is 0 Å². The molecule has 0 radical (unpaired) electrons. The number of methoxy groups -OCH3 is 1. The van der Waals surface area contributed by atoms with Crippen molar-refractivity contribution in [2.45, 2.75) is 37.6 Å². The van der Waals surface area contributed by atoms with Gasteiger partial charge in [-0.05, 0) is 41.4 Å². The zero-order chi connectivity index (χ0) is 22.0. The Morgan fingerprint density at radius 1 is 1.23 bits per heavy atom. The Bertz CT molecular complexity index is 1030. The molecular weight excluding hydrogens is 411 g/mol. The maximum Gasteiger partial charge on any atom is 0.453 e. The van der Waals surface area contributed by atoms with Crippen molar-refractivity contribution in [1.29, 1.82) is 0 Å². The molecule has 3 heterocycles. The number of likely N-dealkylation sites (tertiary alicyclic amines) is 1. The molecule has 2 N–H and O–H groups in total. The van der Waals surface area contributed by atoms with Crippen molar-refractivity contribution in [2.24, 2.45) is 5.73 Å². The van der Waals surface area contributed by atoms with E-state index in [1.807, 2.05) is 30.3 Å². The molecule has 0 saturated carbocycles. The zero-order valence-corrected chi connectivity index (χ0v) is 16.8. The third kappa shape index (κ3) is 4.37. The molecule has 1 fully saturated rings. The third-order valence-electron chi connectivity index (χ3n) is 5.37. The van der Waals surface area contributed by atoms with Crippen LogP contribution in [-0.2, 0) is 12.7 Å². The zero-order valence-electron chi connectivity index (χ0n) is 16.8. The van der Waals surface area contributed by atoms with Gasteiger partial charge in [0.2, 0.25) is 5.88 Å². The van der Waals surface area contributed by atoms with Crippen LogP contribution in [0.15, 0.2) is 42.6 Å². The molecule has 0 unspecified atom stereocenters. The minimum absolute atomic E-state index is 0.0258. The normalized spacial score (nSPS) is 20.0. The molecule has 1 aliphatic heterocycles. The van der Waals surface area contributed by atoms with E-state index < -0.39 is 12.0 Å². The van der Waals surface area contributed by atoms with Crippen LogP contribution in [-0.4, -0.2) is 49.8 Å². The molecule has 0 amide bonds. The van der Waals surface area contributed by atoms with Gasteiger partial charge in [-0.25, -0.2) is 4.98 Å². The largest absolute Gasteiger partial charge is 0.481 e. The van der Waals surface area contributed by atoms with Crippen molar-refractivity contribution in [1.82, 2.24) is 30.1 Å². The number of tetrazole rings is 1. The standard InChI is InChI=1S/C20H22F3N7O/c1-31-18-14(10-15(11-25-18)30-19(20(21,22)23)26-27-28-30)12-29-9-5-8-16(24)17(29)13-6-3-2-4-7-13/h2-4,6-7,10-11,16-17H,5,8-9,12,24H2,1H3/t16-,17-/m0/s1. The van der Waals surface area contributed by atoms with Gasteiger partial charge >= 0.3 is 6.18 Å². The first-order chi connectivity index (χ1) is 14.9. The van der Waals surface area contributed by atoms with E-state index in [0.717, 1.165) is 24.9 Å². The van der Waals surface area contributed by atoms with Crippen LogP contribution in [0.3, 0.4) is 0 Å². The molecule has 0 spiro atoms. The maximum absolute atomic E-state index is 13.2. The van der Waals surface area contributed by atoms with Gasteiger partial charge in [0.1, 0.15) is 0 Å². The fourth-order valence-electron chi connectivity index (χ4n) is 4.04. The Morgan fingerprint density at radius 2 is 2.00 bits per heavy atom. The number of pyridine rings is 1. The number of nitrogens with two attached hydrogens (primary N) is 1. The van der Waals surface area contributed by atoms with Crippen LogP contribution in [0.1, 0.15) is 35.8 Å². The topological polar surface area (TPSA) is 95.0 Å². The second kappa shape index (κ2) is 8.60. The van der Waals surface area contributed by atoms with Gasteiger partial charge < -0.3 is 10.5 Å². The molecule has 0 aliphatic carbocycles. The predicted molar refractivity (Wildman–Crippen MR) is 105 cm³/mol. The second-order valence-corrected chi connectivity index (χ2v) is 7.41. The van der Waals surface area contributed by atoms with Crippen molar-refractivity contribution in [3.05, 3.63) is 59.5 Å². The van der Waals surface area contributed by atoms with Gasteiger partial charge in [-0.15, -0.1) is 5.10 Å². The summed E-state index contributed by atoms with van der Waals surface area (Å²) in [6.45, 7) is 1.19. The van der Waals surface area contributed by atoms with Gasteiger partial charge in [0.25, 0.3) is 5.82 Å². The number of nitrogens with zero attached hydrogens (tertiary/aromatic N) is 6. The molecule has 0 bridgehead atoms. The molecule has 11 heteroatoms. The lowest BCUT2D eigenvalue weighted by Gasteiger charge is -2.40. The number of aromatic nitrogens is 5. The van der Waals surface area contributed by atoms with Crippen molar-refractivity contribution >= 4 is 0 Å². The Balaban J connectivity index is 1.69. The molecule has 3 aromatic rings. The van der Waals surface area contributed by atoms with E-state index in [0.29, 0.717) is 22.7 Å². The summed E-state index contributed by atoms with van der Waals surface area (Å²) in [7, 11) is 1.47. The number of hydrogen-bond donors (Lipinski definition) is 1. The first-order valence-corrected chi connectivity index (χ1v) is 9.82. The van der Waals surface area contributed by atoms with E-state index in [4.69, 9.17) is 10.5 Å². The number of piperidine rings is 1. The summed E-state index contributed by atoms with van der Waals surface area (Å²) in [6, 6.07) is 11.4. The van der Waals surface area contributed by atoms with E-state index in [1.165, 1.54) is 13.3 Å². The molecule has 4 rings (SSSR count). The first-order valence-electron chi connectivity index (χ1n) is 9.82. The van der Waals surface area contributed by atoms with Gasteiger partial charge in [0.05, 0.1) is 25.0 Å².